The van der Waals surface area contributed by atoms with Gasteiger partial charge in [-0.05, 0) is 35.6 Å². The fraction of sp³-hybridized carbons (Fsp3) is 0.667. The monoisotopic (exact) mass is 281 g/mol. The second-order valence-electron chi connectivity index (χ2n) is 6.14. The zero-order valence-electron chi connectivity index (χ0n) is 11.8. The fourth-order valence-electron chi connectivity index (χ4n) is 3.17. The Bertz CT molecular complexity index is 427. The van der Waals surface area contributed by atoms with Crippen molar-refractivity contribution in [2.24, 2.45) is 17.3 Å². The number of aliphatic carboxylic acids is 1. The molecule has 0 bridgehead atoms. The third-order valence-corrected chi connectivity index (χ3v) is 5.73. The third kappa shape index (κ3) is 3.00. The molecule has 2 N–H and O–H groups in total. The van der Waals surface area contributed by atoms with Gasteiger partial charge in [0, 0.05) is 17.5 Å². The molecule has 0 amide bonds. The van der Waals surface area contributed by atoms with Gasteiger partial charge in [-0.25, -0.2) is 0 Å². The topological polar surface area (TPSA) is 49.3 Å². The van der Waals surface area contributed by atoms with Gasteiger partial charge in [-0.1, -0.05) is 26.8 Å². The second-order valence-corrected chi connectivity index (χ2v) is 7.18. The number of carboxylic acids is 1. The summed E-state index contributed by atoms with van der Waals surface area (Å²) in [5, 5.41) is 15.0. The minimum Gasteiger partial charge on any atom is -0.481 e. The average Bonchev–Trinajstić information content (AvgIpc) is 2.83. The van der Waals surface area contributed by atoms with Crippen LogP contribution in [0, 0.1) is 17.3 Å². The first-order valence-corrected chi connectivity index (χ1v) is 7.79. The Balaban J connectivity index is 1.99. The molecule has 19 heavy (non-hydrogen) atoms. The van der Waals surface area contributed by atoms with E-state index in [2.05, 4.69) is 43.6 Å². The maximum atomic E-state index is 11.3. The molecular weight excluding hydrogens is 258 g/mol. The average molecular weight is 281 g/mol. The molecule has 1 aromatic rings. The SMILES string of the molecule is CC1C(NCc2cccs2)CCC(C(=O)O)C1(C)C. The lowest BCUT2D eigenvalue weighted by molar-refractivity contribution is -0.150. The van der Waals surface area contributed by atoms with Gasteiger partial charge in [0.25, 0.3) is 0 Å². The largest absolute Gasteiger partial charge is 0.481 e. The Hall–Kier alpha value is -0.870. The van der Waals surface area contributed by atoms with E-state index >= 15 is 0 Å². The van der Waals surface area contributed by atoms with Gasteiger partial charge in [0.2, 0.25) is 0 Å². The molecule has 1 saturated carbocycles. The molecule has 3 nitrogen and oxygen atoms in total. The van der Waals surface area contributed by atoms with Crippen molar-refractivity contribution in [2.45, 2.75) is 46.2 Å². The van der Waals surface area contributed by atoms with E-state index in [1.807, 2.05) is 0 Å². The number of carboxylic acid groups (broad SMARTS) is 1. The van der Waals surface area contributed by atoms with Gasteiger partial charge < -0.3 is 10.4 Å². The Morgan fingerprint density at radius 2 is 2.26 bits per heavy atom. The quantitative estimate of drug-likeness (QED) is 0.889. The molecule has 3 unspecified atom stereocenters. The summed E-state index contributed by atoms with van der Waals surface area (Å²) in [6, 6.07) is 4.61. The Kier molecular flexibility index (Phi) is 4.31. The van der Waals surface area contributed by atoms with Crippen LogP contribution in [0.25, 0.3) is 0 Å². The highest BCUT2D eigenvalue weighted by Gasteiger charge is 2.45. The predicted molar refractivity (Wildman–Crippen MR) is 78.3 cm³/mol. The predicted octanol–water partition coefficient (Wildman–Crippen LogP) is 3.36. The van der Waals surface area contributed by atoms with E-state index in [0.717, 1.165) is 19.4 Å². The Morgan fingerprint density at radius 1 is 1.53 bits per heavy atom. The number of nitrogens with one attached hydrogen (secondary N) is 1. The molecule has 1 aliphatic carbocycles. The molecule has 1 fully saturated rings. The van der Waals surface area contributed by atoms with Crippen molar-refractivity contribution in [3.8, 4) is 0 Å². The third-order valence-electron chi connectivity index (χ3n) is 4.86. The van der Waals surface area contributed by atoms with Crippen molar-refractivity contribution >= 4 is 17.3 Å². The lowest BCUT2D eigenvalue weighted by Gasteiger charge is -2.46. The van der Waals surface area contributed by atoms with E-state index in [0.29, 0.717) is 12.0 Å². The van der Waals surface area contributed by atoms with Crippen molar-refractivity contribution in [2.75, 3.05) is 0 Å². The van der Waals surface area contributed by atoms with E-state index < -0.39 is 5.97 Å². The number of hydrogen-bond acceptors (Lipinski definition) is 3. The van der Waals surface area contributed by atoms with Crippen molar-refractivity contribution in [3.63, 3.8) is 0 Å². The summed E-state index contributed by atoms with van der Waals surface area (Å²) in [4.78, 5) is 12.7. The molecular formula is C15H23NO2S. The summed E-state index contributed by atoms with van der Waals surface area (Å²) in [5.41, 5.74) is -0.156. The molecule has 2 rings (SSSR count). The molecule has 0 saturated heterocycles. The van der Waals surface area contributed by atoms with Crippen LogP contribution in [0.2, 0.25) is 0 Å². The van der Waals surface area contributed by atoms with Crippen molar-refractivity contribution in [1.82, 2.24) is 5.32 Å². The second kappa shape index (κ2) is 5.63. The number of carbonyl (C=O) groups is 1. The van der Waals surface area contributed by atoms with Crippen LogP contribution in [0.5, 0.6) is 0 Å². The normalized spacial score (nSPS) is 30.2. The summed E-state index contributed by atoms with van der Waals surface area (Å²) < 4.78 is 0. The van der Waals surface area contributed by atoms with E-state index in [9.17, 15) is 9.90 Å². The molecule has 0 spiro atoms. The van der Waals surface area contributed by atoms with Crippen LogP contribution in [0.3, 0.4) is 0 Å². The van der Waals surface area contributed by atoms with Crippen LogP contribution >= 0.6 is 11.3 Å². The van der Waals surface area contributed by atoms with Gasteiger partial charge in [0.05, 0.1) is 5.92 Å². The van der Waals surface area contributed by atoms with E-state index in [4.69, 9.17) is 0 Å². The molecule has 1 aliphatic rings. The van der Waals surface area contributed by atoms with Gasteiger partial charge in [-0.2, -0.15) is 0 Å². The highest BCUT2D eigenvalue weighted by atomic mass is 32.1. The Morgan fingerprint density at radius 3 is 2.84 bits per heavy atom. The van der Waals surface area contributed by atoms with Crippen LogP contribution in [0.1, 0.15) is 38.5 Å². The summed E-state index contributed by atoms with van der Waals surface area (Å²) >= 11 is 1.76. The summed E-state index contributed by atoms with van der Waals surface area (Å²) in [6.07, 6.45) is 1.72. The molecule has 106 valence electrons. The first kappa shape index (κ1) is 14.5. The van der Waals surface area contributed by atoms with Gasteiger partial charge >= 0.3 is 5.97 Å². The number of hydrogen-bond donors (Lipinski definition) is 2. The zero-order valence-corrected chi connectivity index (χ0v) is 12.7. The number of thiophene rings is 1. The summed E-state index contributed by atoms with van der Waals surface area (Å²) in [5.74, 6) is -0.502. The lowest BCUT2D eigenvalue weighted by Crippen LogP contribution is -2.50. The maximum absolute atomic E-state index is 11.3. The molecule has 0 aliphatic heterocycles. The smallest absolute Gasteiger partial charge is 0.307 e. The highest BCUT2D eigenvalue weighted by Crippen LogP contribution is 2.45. The fourth-order valence-corrected chi connectivity index (χ4v) is 3.83. The van der Waals surface area contributed by atoms with E-state index in [-0.39, 0.29) is 11.3 Å². The van der Waals surface area contributed by atoms with Gasteiger partial charge in [-0.15, -0.1) is 11.3 Å². The van der Waals surface area contributed by atoms with Crippen LogP contribution in [0.4, 0.5) is 0 Å². The van der Waals surface area contributed by atoms with E-state index in [1.54, 1.807) is 11.3 Å². The van der Waals surface area contributed by atoms with Crippen LogP contribution in [-0.4, -0.2) is 17.1 Å². The molecule has 0 aromatic carbocycles. The highest BCUT2D eigenvalue weighted by molar-refractivity contribution is 7.09. The summed E-state index contributed by atoms with van der Waals surface area (Å²) in [7, 11) is 0. The molecule has 1 heterocycles. The van der Waals surface area contributed by atoms with Crippen molar-refractivity contribution in [1.29, 1.82) is 0 Å². The first-order chi connectivity index (χ1) is 8.93. The first-order valence-electron chi connectivity index (χ1n) is 6.91. The maximum Gasteiger partial charge on any atom is 0.307 e. The standard InChI is InChI=1S/C15H23NO2S/c1-10-13(16-9-11-5-4-8-19-11)7-6-12(14(17)18)15(10,2)3/h4-5,8,10,12-13,16H,6-7,9H2,1-3H3,(H,17,18). The van der Waals surface area contributed by atoms with Crippen LogP contribution in [-0.2, 0) is 11.3 Å². The van der Waals surface area contributed by atoms with Crippen LogP contribution in [0.15, 0.2) is 17.5 Å². The lowest BCUT2D eigenvalue weighted by atomic mass is 9.61. The molecule has 3 atom stereocenters. The van der Waals surface area contributed by atoms with Crippen molar-refractivity contribution < 1.29 is 9.90 Å². The molecule has 0 radical (unpaired) electrons. The molecule has 1 aromatic heterocycles. The van der Waals surface area contributed by atoms with Gasteiger partial charge in [-0.3, -0.25) is 4.79 Å². The van der Waals surface area contributed by atoms with Gasteiger partial charge in [0.1, 0.15) is 0 Å². The minimum absolute atomic E-state index is 0.156. The summed E-state index contributed by atoms with van der Waals surface area (Å²) in [6.45, 7) is 7.26. The minimum atomic E-state index is -0.645. The zero-order chi connectivity index (χ0) is 14.0. The Labute approximate surface area is 119 Å². The van der Waals surface area contributed by atoms with E-state index in [1.165, 1.54) is 4.88 Å². The van der Waals surface area contributed by atoms with Gasteiger partial charge in [0.15, 0.2) is 0 Å². The molecule has 4 heteroatoms. The van der Waals surface area contributed by atoms with Crippen molar-refractivity contribution in [3.05, 3.63) is 22.4 Å². The van der Waals surface area contributed by atoms with Crippen LogP contribution < -0.4 is 5.32 Å². The number of rotatable bonds is 4.